The van der Waals surface area contributed by atoms with Crippen LogP contribution in [0.5, 0.6) is 0 Å². The Bertz CT molecular complexity index is 729. The van der Waals surface area contributed by atoms with Gasteiger partial charge in [-0.25, -0.2) is 0 Å². The summed E-state index contributed by atoms with van der Waals surface area (Å²) < 4.78 is 5.22. The van der Waals surface area contributed by atoms with Gasteiger partial charge in [-0.15, -0.1) is 24.0 Å². The van der Waals surface area contributed by atoms with Gasteiger partial charge in [0.1, 0.15) is 0 Å². The number of furan rings is 1. The highest BCUT2D eigenvalue weighted by Crippen LogP contribution is 2.46. The third-order valence-corrected chi connectivity index (χ3v) is 6.99. The van der Waals surface area contributed by atoms with Crippen molar-refractivity contribution in [2.75, 3.05) is 46.3 Å². The number of rotatable bonds is 6. The Morgan fingerprint density at radius 3 is 2.53 bits per heavy atom. The molecule has 2 aliphatic carbocycles. The van der Waals surface area contributed by atoms with Gasteiger partial charge in [0.25, 0.3) is 5.91 Å². The SMILES string of the molecule is CN=C(NCCCNC(=O)c1occc1C)N1CCN(C2CC3CCC2C3)CC1.I. The second-order valence-electron chi connectivity index (χ2n) is 8.78. The molecule has 1 aliphatic heterocycles. The molecule has 1 aromatic rings. The van der Waals surface area contributed by atoms with Crippen molar-refractivity contribution in [2.24, 2.45) is 16.8 Å². The van der Waals surface area contributed by atoms with Gasteiger partial charge in [-0.3, -0.25) is 14.7 Å². The fraction of sp³-hybridized carbons (Fsp3) is 0.727. The molecule has 0 radical (unpaired) electrons. The van der Waals surface area contributed by atoms with E-state index < -0.39 is 0 Å². The molecule has 168 valence electrons. The van der Waals surface area contributed by atoms with Gasteiger partial charge in [0, 0.05) is 57.9 Å². The molecule has 2 heterocycles. The zero-order valence-electron chi connectivity index (χ0n) is 18.2. The van der Waals surface area contributed by atoms with Crippen molar-refractivity contribution in [3.63, 3.8) is 0 Å². The normalized spacial score (nSPS) is 26.5. The van der Waals surface area contributed by atoms with E-state index in [0.29, 0.717) is 12.3 Å². The number of carbonyl (C=O) groups excluding carboxylic acids is 1. The average Bonchev–Trinajstić information content (AvgIpc) is 3.48. The van der Waals surface area contributed by atoms with E-state index in [0.717, 1.165) is 68.5 Å². The van der Waals surface area contributed by atoms with Crippen LogP contribution < -0.4 is 10.6 Å². The van der Waals surface area contributed by atoms with Crippen LogP contribution in [-0.2, 0) is 0 Å². The fourth-order valence-corrected chi connectivity index (χ4v) is 5.43. The Kier molecular flexibility index (Phi) is 8.44. The zero-order valence-corrected chi connectivity index (χ0v) is 20.6. The average molecular weight is 529 g/mol. The molecule has 3 unspecified atom stereocenters. The van der Waals surface area contributed by atoms with Crippen molar-refractivity contribution in [3.05, 3.63) is 23.7 Å². The number of piperazine rings is 1. The van der Waals surface area contributed by atoms with E-state index in [1.54, 1.807) is 12.3 Å². The minimum absolute atomic E-state index is 0. The standard InChI is InChI=1S/C22H35N5O2.HI/c1-16-6-13-29-20(16)21(28)24-7-3-8-25-22(23-2)27-11-9-26(10-12-27)19-15-17-4-5-18(19)14-17;/h6,13,17-19H,3-5,7-12,14-15H2,1-2H3,(H,23,25)(H,24,28);1H. The lowest BCUT2D eigenvalue weighted by atomic mass is 9.93. The highest BCUT2D eigenvalue weighted by molar-refractivity contribution is 14.0. The molecule has 3 fully saturated rings. The highest BCUT2D eigenvalue weighted by Gasteiger charge is 2.42. The van der Waals surface area contributed by atoms with E-state index >= 15 is 0 Å². The van der Waals surface area contributed by atoms with E-state index in [1.165, 1.54) is 25.7 Å². The first-order chi connectivity index (χ1) is 14.2. The van der Waals surface area contributed by atoms with Crippen molar-refractivity contribution < 1.29 is 9.21 Å². The van der Waals surface area contributed by atoms with Crippen molar-refractivity contribution in [2.45, 2.75) is 45.1 Å². The largest absolute Gasteiger partial charge is 0.459 e. The van der Waals surface area contributed by atoms with Gasteiger partial charge in [0.05, 0.1) is 6.26 Å². The molecular formula is C22H36IN5O2. The second-order valence-corrected chi connectivity index (χ2v) is 8.78. The van der Waals surface area contributed by atoms with Crippen LogP contribution in [0.15, 0.2) is 21.7 Å². The lowest BCUT2D eigenvalue weighted by molar-refractivity contribution is 0.0924. The predicted octanol–water partition coefficient (Wildman–Crippen LogP) is 2.71. The minimum atomic E-state index is -0.145. The molecule has 1 amide bonds. The molecule has 2 saturated carbocycles. The first kappa shape index (κ1) is 23.4. The van der Waals surface area contributed by atoms with Crippen molar-refractivity contribution in [3.8, 4) is 0 Å². The third-order valence-electron chi connectivity index (χ3n) is 6.99. The van der Waals surface area contributed by atoms with Crippen LogP contribution in [0.1, 0.15) is 48.2 Å². The number of aryl methyl sites for hydroxylation is 1. The maximum Gasteiger partial charge on any atom is 0.287 e. The molecule has 0 spiro atoms. The highest BCUT2D eigenvalue weighted by atomic mass is 127. The number of aliphatic imine (C=N–C) groups is 1. The van der Waals surface area contributed by atoms with Gasteiger partial charge in [-0.05, 0) is 50.5 Å². The Balaban J connectivity index is 0.00000256. The number of hydrogen-bond acceptors (Lipinski definition) is 4. The fourth-order valence-electron chi connectivity index (χ4n) is 5.43. The van der Waals surface area contributed by atoms with Crippen LogP contribution >= 0.6 is 24.0 Å². The monoisotopic (exact) mass is 529 g/mol. The topological polar surface area (TPSA) is 73.1 Å². The van der Waals surface area contributed by atoms with E-state index in [4.69, 9.17) is 4.42 Å². The van der Waals surface area contributed by atoms with Gasteiger partial charge >= 0.3 is 0 Å². The maximum absolute atomic E-state index is 12.1. The van der Waals surface area contributed by atoms with Crippen LogP contribution in [0.3, 0.4) is 0 Å². The number of nitrogens with one attached hydrogen (secondary N) is 2. The van der Waals surface area contributed by atoms with Crippen LogP contribution in [-0.4, -0.2) is 74.0 Å². The Morgan fingerprint density at radius 1 is 1.17 bits per heavy atom. The van der Waals surface area contributed by atoms with Gasteiger partial charge in [0.2, 0.25) is 0 Å². The summed E-state index contributed by atoms with van der Waals surface area (Å²) >= 11 is 0. The number of amides is 1. The summed E-state index contributed by atoms with van der Waals surface area (Å²) in [5, 5.41) is 6.37. The summed E-state index contributed by atoms with van der Waals surface area (Å²) in [4.78, 5) is 21.6. The van der Waals surface area contributed by atoms with Gasteiger partial charge in [-0.1, -0.05) is 6.42 Å². The van der Waals surface area contributed by atoms with Gasteiger partial charge in [0.15, 0.2) is 11.7 Å². The van der Waals surface area contributed by atoms with E-state index in [-0.39, 0.29) is 29.9 Å². The van der Waals surface area contributed by atoms with Crippen molar-refractivity contribution in [1.82, 2.24) is 20.4 Å². The molecular weight excluding hydrogens is 493 g/mol. The third kappa shape index (κ3) is 5.30. The Hall–Kier alpha value is -1.29. The van der Waals surface area contributed by atoms with E-state index in [1.807, 2.05) is 14.0 Å². The quantitative estimate of drug-likeness (QED) is 0.257. The number of halogens is 1. The summed E-state index contributed by atoms with van der Waals surface area (Å²) in [5.41, 5.74) is 0.866. The smallest absolute Gasteiger partial charge is 0.287 e. The predicted molar refractivity (Wildman–Crippen MR) is 130 cm³/mol. The molecule has 4 rings (SSSR count). The van der Waals surface area contributed by atoms with Crippen LogP contribution in [0, 0.1) is 18.8 Å². The zero-order chi connectivity index (χ0) is 20.2. The molecule has 1 aromatic heterocycles. The van der Waals surface area contributed by atoms with Crippen LogP contribution in [0.4, 0.5) is 0 Å². The summed E-state index contributed by atoms with van der Waals surface area (Å²) in [7, 11) is 1.85. The van der Waals surface area contributed by atoms with Gasteiger partial charge in [-0.2, -0.15) is 0 Å². The first-order valence-electron chi connectivity index (χ1n) is 11.2. The summed E-state index contributed by atoms with van der Waals surface area (Å²) in [6.07, 6.45) is 8.22. The molecule has 2 N–H and O–H groups in total. The molecule has 3 atom stereocenters. The van der Waals surface area contributed by atoms with Crippen LogP contribution in [0.2, 0.25) is 0 Å². The Labute approximate surface area is 197 Å². The maximum atomic E-state index is 12.1. The van der Waals surface area contributed by atoms with Crippen LogP contribution in [0.25, 0.3) is 0 Å². The molecule has 3 aliphatic rings. The molecule has 7 nitrogen and oxygen atoms in total. The number of guanidine groups is 1. The molecule has 30 heavy (non-hydrogen) atoms. The number of nitrogens with zero attached hydrogens (tertiary/aromatic N) is 3. The van der Waals surface area contributed by atoms with E-state index in [2.05, 4.69) is 25.4 Å². The first-order valence-corrected chi connectivity index (χ1v) is 11.2. The summed E-state index contributed by atoms with van der Waals surface area (Å²) in [6.45, 7) is 7.66. The van der Waals surface area contributed by atoms with Crippen molar-refractivity contribution in [1.29, 1.82) is 0 Å². The minimum Gasteiger partial charge on any atom is -0.459 e. The molecule has 8 heteroatoms. The molecule has 1 saturated heterocycles. The number of hydrogen-bond donors (Lipinski definition) is 2. The molecule has 2 bridgehead atoms. The molecule has 0 aromatic carbocycles. The van der Waals surface area contributed by atoms with E-state index in [9.17, 15) is 4.79 Å². The number of carbonyl (C=O) groups is 1. The van der Waals surface area contributed by atoms with Gasteiger partial charge < -0.3 is 20.0 Å². The lowest BCUT2D eigenvalue weighted by Crippen LogP contribution is -2.55. The summed E-state index contributed by atoms with van der Waals surface area (Å²) in [5.74, 6) is 3.21. The second kappa shape index (κ2) is 10.8. The lowest BCUT2D eigenvalue weighted by Gasteiger charge is -2.42. The number of fused-ring (bicyclic) bond motifs is 2. The Morgan fingerprint density at radius 2 is 1.93 bits per heavy atom. The van der Waals surface area contributed by atoms with Crippen molar-refractivity contribution >= 4 is 35.8 Å². The summed E-state index contributed by atoms with van der Waals surface area (Å²) in [6, 6.07) is 2.64.